The monoisotopic (exact) mass is 342 g/mol. The van der Waals surface area contributed by atoms with E-state index in [1.165, 1.54) is 0 Å². The second-order valence-electron chi connectivity index (χ2n) is 5.52. The molecular formula is C20H14N4O2. The van der Waals surface area contributed by atoms with Gasteiger partial charge >= 0.3 is 0 Å². The number of nitrogens with zero attached hydrogens (tertiary/aromatic N) is 2. The van der Waals surface area contributed by atoms with Crippen LogP contribution in [0.4, 0.5) is 5.82 Å². The summed E-state index contributed by atoms with van der Waals surface area (Å²) in [6.45, 7) is 0.422. The summed E-state index contributed by atoms with van der Waals surface area (Å²) >= 11 is 0. The van der Waals surface area contributed by atoms with E-state index < -0.39 is 5.56 Å². The minimum atomic E-state index is -0.622. The number of nitrogen functional groups attached to an aromatic ring is 1. The van der Waals surface area contributed by atoms with Gasteiger partial charge in [-0.1, -0.05) is 42.5 Å². The molecule has 0 aliphatic rings. The molecule has 0 aliphatic heterocycles. The van der Waals surface area contributed by atoms with Gasteiger partial charge in [-0.25, -0.2) is 0 Å². The van der Waals surface area contributed by atoms with Gasteiger partial charge in [0, 0.05) is 5.56 Å². The zero-order chi connectivity index (χ0) is 18.5. The van der Waals surface area contributed by atoms with Gasteiger partial charge < -0.3 is 15.5 Å². The molecule has 0 amide bonds. The van der Waals surface area contributed by atoms with Gasteiger partial charge in [-0.3, -0.25) is 4.79 Å². The third-order valence-corrected chi connectivity index (χ3v) is 3.86. The molecule has 0 saturated heterocycles. The maximum absolute atomic E-state index is 12.0. The Labute approximate surface area is 149 Å². The number of anilines is 1. The number of rotatable bonds is 4. The van der Waals surface area contributed by atoms with Crippen LogP contribution in [0, 0.1) is 22.7 Å². The molecule has 0 atom stereocenters. The number of nitrogens with two attached hydrogens (primary N) is 1. The molecule has 0 radical (unpaired) electrons. The first-order chi connectivity index (χ1) is 12.6. The summed E-state index contributed by atoms with van der Waals surface area (Å²) in [6, 6.07) is 20.4. The Balaban J connectivity index is 1.93. The van der Waals surface area contributed by atoms with Gasteiger partial charge in [-0.05, 0) is 23.3 Å². The average molecular weight is 342 g/mol. The van der Waals surface area contributed by atoms with E-state index in [1.807, 2.05) is 42.5 Å². The van der Waals surface area contributed by atoms with Crippen molar-refractivity contribution in [1.82, 2.24) is 4.98 Å². The molecule has 6 heteroatoms. The Hall–Kier alpha value is -4.03. The summed E-state index contributed by atoms with van der Waals surface area (Å²) < 4.78 is 5.72. The minimum Gasteiger partial charge on any atom is -0.489 e. The van der Waals surface area contributed by atoms with Crippen LogP contribution in [0.15, 0.2) is 59.4 Å². The molecule has 3 aromatic rings. The molecule has 0 fully saturated rings. The molecule has 0 unspecified atom stereocenters. The van der Waals surface area contributed by atoms with E-state index in [0.29, 0.717) is 17.9 Å². The van der Waals surface area contributed by atoms with Crippen LogP contribution in [-0.2, 0) is 6.61 Å². The van der Waals surface area contributed by atoms with Crippen LogP contribution in [0.2, 0.25) is 0 Å². The molecule has 0 spiro atoms. The maximum Gasteiger partial charge on any atom is 0.268 e. The number of nitrogens with one attached hydrogen (secondary N) is 1. The van der Waals surface area contributed by atoms with Gasteiger partial charge in [-0.15, -0.1) is 0 Å². The SMILES string of the molecule is N#Cc1c(N)[nH]c(=O)c(C#N)c1-c1ccc(OCc2ccccc2)cc1. The van der Waals surface area contributed by atoms with E-state index in [1.54, 1.807) is 24.3 Å². The predicted octanol–water partition coefficient (Wildman–Crippen LogP) is 2.95. The van der Waals surface area contributed by atoms with E-state index >= 15 is 0 Å². The Bertz CT molecular complexity index is 1070. The highest BCUT2D eigenvalue weighted by molar-refractivity contribution is 5.80. The molecule has 1 heterocycles. The van der Waals surface area contributed by atoms with Gasteiger partial charge in [-0.2, -0.15) is 10.5 Å². The Morgan fingerprint density at radius 3 is 2.23 bits per heavy atom. The van der Waals surface area contributed by atoms with Crippen molar-refractivity contribution < 1.29 is 4.74 Å². The zero-order valence-electron chi connectivity index (χ0n) is 13.7. The first-order valence-corrected chi connectivity index (χ1v) is 7.77. The number of aromatic nitrogens is 1. The maximum atomic E-state index is 12.0. The largest absolute Gasteiger partial charge is 0.489 e. The van der Waals surface area contributed by atoms with Crippen LogP contribution >= 0.6 is 0 Å². The molecule has 26 heavy (non-hydrogen) atoms. The zero-order valence-corrected chi connectivity index (χ0v) is 13.7. The Morgan fingerprint density at radius 1 is 0.962 bits per heavy atom. The van der Waals surface area contributed by atoms with Crippen molar-refractivity contribution in [2.75, 3.05) is 5.73 Å². The molecule has 0 aliphatic carbocycles. The van der Waals surface area contributed by atoms with Gasteiger partial charge in [0.25, 0.3) is 5.56 Å². The summed E-state index contributed by atoms with van der Waals surface area (Å²) in [5, 5.41) is 18.6. The third kappa shape index (κ3) is 3.26. The van der Waals surface area contributed by atoms with E-state index in [-0.39, 0.29) is 22.5 Å². The Morgan fingerprint density at radius 2 is 1.62 bits per heavy atom. The molecule has 1 aromatic heterocycles. The van der Waals surface area contributed by atoms with Crippen molar-refractivity contribution in [2.24, 2.45) is 0 Å². The van der Waals surface area contributed by atoms with Crippen molar-refractivity contribution in [3.8, 4) is 29.0 Å². The van der Waals surface area contributed by atoms with Crippen molar-refractivity contribution in [3.05, 3.63) is 81.6 Å². The fourth-order valence-electron chi connectivity index (χ4n) is 2.59. The van der Waals surface area contributed by atoms with Crippen LogP contribution in [0.3, 0.4) is 0 Å². The second kappa shape index (κ2) is 7.25. The summed E-state index contributed by atoms with van der Waals surface area (Å²) in [4.78, 5) is 14.3. The van der Waals surface area contributed by atoms with Crippen LogP contribution in [0.1, 0.15) is 16.7 Å². The summed E-state index contributed by atoms with van der Waals surface area (Å²) in [5.74, 6) is 0.573. The molecule has 0 bridgehead atoms. The lowest BCUT2D eigenvalue weighted by atomic mass is 9.96. The van der Waals surface area contributed by atoms with Crippen LogP contribution < -0.4 is 16.0 Å². The van der Waals surface area contributed by atoms with Crippen molar-refractivity contribution in [3.63, 3.8) is 0 Å². The first-order valence-electron chi connectivity index (χ1n) is 7.77. The molecule has 2 aromatic carbocycles. The van der Waals surface area contributed by atoms with Crippen LogP contribution in [-0.4, -0.2) is 4.98 Å². The number of aromatic amines is 1. The van der Waals surface area contributed by atoms with Crippen LogP contribution in [0.25, 0.3) is 11.1 Å². The highest BCUT2D eigenvalue weighted by Gasteiger charge is 2.18. The number of nitriles is 2. The first kappa shape index (κ1) is 16.8. The predicted molar refractivity (Wildman–Crippen MR) is 97.1 cm³/mol. The average Bonchev–Trinajstić information content (AvgIpc) is 2.67. The lowest BCUT2D eigenvalue weighted by Gasteiger charge is -2.10. The number of hydrogen-bond donors (Lipinski definition) is 2. The van der Waals surface area contributed by atoms with Gasteiger partial charge in [0.1, 0.15) is 41.4 Å². The second-order valence-corrected chi connectivity index (χ2v) is 5.52. The normalized spacial score (nSPS) is 9.92. The lowest BCUT2D eigenvalue weighted by Crippen LogP contribution is -2.16. The van der Waals surface area contributed by atoms with Crippen molar-refractivity contribution in [1.29, 1.82) is 10.5 Å². The molecule has 3 rings (SSSR count). The summed E-state index contributed by atoms with van der Waals surface area (Å²) in [5.41, 5.74) is 6.84. The molecule has 126 valence electrons. The molecule has 0 saturated carbocycles. The number of hydrogen-bond acceptors (Lipinski definition) is 5. The van der Waals surface area contributed by atoms with Gasteiger partial charge in [0.15, 0.2) is 0 Å². The Kier molecular flexibility index (Phi) is 4.69. The smallest absolute Gasteiger partial charge is 0.268 e. The van der Waals surface area contributed by atoms with Gasteiger partial charge in [0.2, 0.25) is 0 Å². The standard InChI is InChI=1S/C20H14N4O2/c21-10-16-18(17(11-22)20(25)24-19(16)23)14-6-8-15(9-7-14)26-12-13-4-2-1-3-5-13/h1-9H,12H2,(H3,23,24,25). The molecule has 3 N–H and O–H groups in total. The van der Waals surface area contributed by atoms with Crippen molar-refractivity contribution in [2.45, 2.75) is 6.61 Å². The summed E-state index contributed by atoms with van der Waals surface area (Å²) in [6.07, 6.45) is 0. The van der Waals surface area contributed by atoms with Crippen LogP contribution in [0.5, 0.6) is 5.75 Å². The number of pyridine rings is 1. The highest BCUT2D eigenvalue weighted by atomic mass is 16.5. The van der Waals surface area contributed by atoms with E-state index in [4.69, 9.17) is 10.5 Å². The summed E-state index contributed by atoms with van der Waals surface area (Å²) in [7, 11) is 0. The fraction of sp³-hybridized carbons (Fsp3) is 0.0500. The highest BCUT2D eigenvalue weighted by Crippen LogP contribution is 2.29. The lowest BCUT2D eigenvalue weighted by molar-refractivity contribution is 0.306. The minimum absolute atomic E-state index is 0.0593. The quantitative estimate of drug-likeness (QED) is 0.756. The number of benzene rings is 2. The number of ether oxygens (including phenoxy) is 1. The van der Waals surface area contributed by atoms with Gasteiger partial charge in [0.05, 0.1) is 0 Å². The van der Waals surface area contributed by atoms with E-state index in [2.05, 4.69) is 4.98 Å². The topological polar surface area (TPSA) is 116 Å². The third-order valence-electron chi connectivity index (χ3n) is 3.86. The van der Waals surface area contributed by atoms with E-state index in [9.17, 15) is 15.3 Å². The molecule has 6 nitrogen and oxygen atoms in total. The van der Waals surface area contributed by atoms with E-state index in [0.717, 1.165) is 5.56 Å². The fourth-order valence-corrected chi connectivity index (χ4v) is 2.59. The number of H-pyrrole nitrogens is 1. The van der Waals surface area contributed by atoms with Crippen molar-refractivity contribution >= 4 is 5.82 Å². The molecular weight excluding hydrogens is 328 g/mol.